The van der Waals surface area contributed by atoms with E-state index in [1.54, 1.807) is 0 Å². The van der Waals surface area contributed by atoms with E-state index in [0.29, 0.717) is 5.41 Å². The summed E-state index contributed by atoms with van der Waals surface area (Å²) in [6, 6.07) is 1.89. The fourth-order valence-corrected chi connectivity index (χ4v) is 3.77. The lowest BCUT2D eigenvalue weighted by atomic mass is 9.71. The summed E-state index contributed by atoms with van der Waals surface area (Å²) < 4.78 is 0. The molecule has 2 saturated heterocycles. The number of carbonyl (C=O) groups excluding carboxylic acids is 1. The van der Waals surface area contributed by atoms with E-state index in [9.17, 15) is 4.79 Å². The molecular formula is C17H26N4O. The lowest BCUT2D eigenvalue weighted by molar-refractivity contribution is 0.0494. The van der Waals surface area contributed by atoms with Crippen LogP contribution in [0.25, 0.3) is 0 Å². The Labute approximate surface area is 132 Å². The summed E-state index contributed by atoms with van der Waals surface area (Å²) in [6.07, 6.45) is 5.53. The molecule has 0 aliphatic carbocycles. The molecular weight excluding hydrogens is 276 g/mol. The summed E-state index contributed by atoms with van der Waals surface area (Å²) in [5.74, 6) is 0.138. The highest BCUT2D eigenvalue weighted by atomic mass is 16.2. The molecule has 3 heterocycles. The maximum Gasteiger partial charge on any atom is 0.255 e. The number of amides is 1. The first-order valence-electron chi connectivity index (χ1n) is 8.47. The molecule has 0 bridgehead atoms. The number of nitrogens with one attached hydrogen (secondary N) is 1. The number of aryl methyl sites for hydroxylation is 2. The van der Waals surface area contributed by atoms with Crippen molar-refractivity contribution >= 4 is 5.91 Å². The van der Waals surface area contributed by atoms with E-state index in [-0.39, 0.29) is 5.91 Å². The minimum atomic E-state index is 0.138. The van der Waals surface area contributed by atoms with Crippen LogP contribution in [0.15, 0.2) is 6.07 Å². The van der Waals surface area contributed by atoms with Crippen molar-refractivity contribution in [3.63, 3.8) is 0 Å². The Bertz CT molecular complexity index is 542. The Hall–Kier alpha value is -1.49. The Kier molecular flexibility index (Phi) is 4.43. The van der Waals surface area contributed by atoms with Crippen LogP contribution < -0.4 is 5.32 Å². The minimum Gasteiger partial charge on any atom is -0.339 e. The second-order valence-electron chi connectivity index (χ2n) is 6.74. The Morgan fingerprint density at radius 3 is 2.55 bits per heavy atom. The van der Waals surface area contributed by atoms with E-state index in [2.05, 4.69) is 15.5 Å². The summed E-state index contributed by atoms with van der Waals surface area (Å²) >= 11 is 0. The molecule has 3 rings (SSSR count). The second-order valence-corrected chi connectivity index (χ2v) is 6.74. The van der Waals surface area contributed by atoms with E-state index in [4.69, 9.17) is 0 Å². The van der Waals surface area contributed by atoms with Gasteiger partial charge in [0.15, 0.2) is 0 Å². The maximum atomic E-state index is 12.8. The van der Waals surface area contributed by atoms with Gasteiger partial charge in [-0.25, -0.2) is 0 Å². The van der Waals surface area contributed by atoms with Crippen molar-refractivity contribution in [3.05, 3.63) is 23.0 Å². The zero-order valence-electron chi connectivity index (χ0n) is 13.7. The van der Waals surface area contributed by atoms with Crippen molar-refractivity contribution in [2.75, 3.05) is 26.2 Å². The van der Waals surface area contributed by atoms with Gasteiger partial charge in [-0.2, -0.15) is 10.2 Å². The van der Waals surface area contributed by atoms with Crippen LogP contribution in [-0.2, 0) is 6.42 Å². The molecule has 120 valence electrons. The SMILES string of the molecule is CCc1nnc(C)cc1C(=O)N1CCC2(CCNCC2)CC1. The molecule has 1 amide bonds. The van der Waals surface area contributed by atoms with Gasteiger partial charge in [-0.15, -0.1) is 0 Å². The smallest absolute Gasteiger partial charge is 0.255 e. The van der Waals surface area contributed by atoms with Crippen LogP contribution in [0.2, 0.25) is 0 Å². The molecule has 2 aliphatic heterocycles. The molecule has 0 saturated carbocycles. The highest BCUT2D eigenvalue weighted by molar-refractivity contribution is 5.95. The van der Waals surface area contributed by atoms with Crippen LogP contribution in [-0.4, -0.2) is 47.2 Å². The molecule has 1 aromatic heterocycles. The van der Waals surface area contributed by atoms with Crippen LogP contribution in [0.4, 0.5) is 0 Å². The van der Waals surface area contributed by atoms with Crippen LogP contribution in [0.3, 0.4) is 0 Å². The number of piperidine rings is 2. The number of carbonyl (C=O) groups is 1. The second kappa shape index (κ2) is 6.32. The van der Waals surface area contributed by atoms with E-state index in [0.717, 1.165) is 62.4 Å². The van der Waals surface area contributed by atoms with Gasteiger partial charge in [0, 0.05) is 13.1 Å². The summed E-state index contributed by atoms with van der Waals surface area (Å²) in [5, 5.41) is 11.7. The molecule has 1 aromatic rings. The van der Waals surface area contributed by atoms with E-state index in [1.165, 1.54) is 12.8 Å². The largest absolute Gasteiger partial charge is 0.339 e. The summed E-state index contributed by atoms with van der Waals surface area (Å²) in [4.78, 5) is 14.9. The first-order chi connectivity index (χ1) is 10.6. The molecule has 0 aromatic carbocycles. The Balaban J connectivity index is 1.71. The molecule has 5 nitrogen and oxygen atoms in total. The van der Waals surface area contributed by atoms with E-state index in [1.807, 2.05) is 24.8 Å². The van der Waals surface area contributed by atoms with Crippen LogP contribution in [0.5, 0.6) is 0 Å². The van der Waals surface area contributed by atoms with Gasteiger partial charge in [0.05, 0.1) is 17.0 Å². The van der Waals surface area contributed by atoms with Gasteiger partial charge in [-0.1, -0.05) is 6.92 Å². The van der Waals surface area contributed by atoms with Crippen molar-refractivity contribution in [1.29, 1.82) is 0 Å². The lowest BCUT2D eigenvalue weighted by Crippen LogP contribution is -2.47. The van der Waals surface area contributed by atoms with Crippen molar-refractivity contribution < 1.29 is 4.79 Å². The fourth-order valence-electron chi connectivity index (χ4n) is 3.77. The predicted octanol–water partition coefficient (Wildman–Crippen LogP) is 1.95. The lowest BCUT2D eigenvalue weighted by Gasteiger charge is -2.44. The number of likely N-dealkylation sites (tertiary alicyclic amines) is 1. The van der Waals surface area contributed by atoms with Crippen molar-refractivity contribution in [1.82, 2.24) is 20.4 Å². The monoisotopic (exact) mass is 302 g/mol. The summed E-state index contributed by atoms with van der Waals surface area (Å²) in [6.45, 7) is 7.93. The van der Waals surface area contributed by atoms with Crippen molar-refractivity contribution in [3.8, 4) is 0 Å². The van der Waals surface area contributed by atoms with E-state index >= 15 is 0 Å². The van der Waals surface area contributed by atoms with Crippen molar-refractivity contribution in [2.24, 2.45) is 5.41 Å². The molecule has 0 atom stereocenters. The van der Waals surface area contributed by atoms with Gasteiger partial charge in [-0.3, -0.25) is 4.79 Å². The molecule has 2 fully saturated rings. The maximum absolute atomic E-state index is 12.8. The van der Waals surface area contributed by atoms with Gasteiger partial charge in [0.25, 0.3) is 5.91 Å². The average molecular weight is 302 g/mol. The first kappa shape index (κ1) is 15.4. The number of hydrogen-bond donors (Lipinski definition) is 1. The zero-order valence-corrected chi connectivity index (χ0v) is 13.7. The number of aromatic nitrogens is 2. The number of rotatable bonds is 2. The summed E-state index contributed by atoms with van der Waals surface area (Å²) in [7, 11) is 0. The van der Waals surface area contributed by atoms with Gasteiger partial charge >= 0.3 is 0 Å². The first-order valence-corrected chi connectivity index (χ1v) is 8.47. The molecule has 1 N–H and O–H groups in total. The standard InChI is InChI=1S/C17H26N4O/c1-3-15-14(12-13(2)19-20-15)16(22)21-10-6-17(7-11-21)4-8-18-9-5-17/h12,18H,3-11H2,1-2H3. The quantitative estimate of drug-likeness (QED) is 0.907. The molecule has 5 heteroatoms. The Morgan fingerprint density at radius 2 is 1.91 bits per heavy atom. The molecule has 1 spiro atoms. The van der Waals surface area contributed by atoms with Crippen LogP contribution in [0.1, 0.15) is 54.4 Å². The predicted molar refractivity (Wildman–Crippen MR) is 85.8 cm³/mol. The van der Waals surface area contributed by atoms with Gasteiger partial charge in [0.1, 0.15) is 0 Å². The molecule has 2 aliphatic rings. The zero-order chi connectivity index (χ0) is 15.6. The highest BCUT2D eigenvalue weighted by Gasteiger charge is 2.37. The van der Waals surface area contributed by atoms with Crippen LogP contribution >= 0.6 is 0 Å². The topological polar surface area (TPSA) is 58.1 Å². The molecule has 22 heavy (non-hydrogen) atoms. The highest BCUT2D eigenvalue weighted by Crippen LogP contribution is 2.39. The average Bonchev–Trinajstić information content (AvgIpc) is 2.56. The van der Waals surface area contributed by atoms with Gasteiger partial charge < -0.3 is 10.2 Å². The van der Waals surface area contributed by atoms with Crippen LogP contribution in [0, 0.1) is 12.3 Å². The molecule has 0 unspecified atom stereocenters. The number of nitrogens with zero attached hydrogens (tertiary/aromatic N) is 3. The van der Waals surface area contributed by atoms with E-state index < -0.39 is 0 Å². The fraction of sp³-hybridized carbons (Fsp3) is 0.706. The third-order valence-corrected chi connectivity index (χ3v) is 5.33. The number of hydrogen-bond acceptors (Lipinski definition) is 4. The summed E-state index contributed by atoms with van der Waals surface area (Å²) in [5.41, 5.74) is 2.85. The Morgan fingerprint density at radius 1 is 1.23 bits per heavy atom. The third-order valence-electron chi connectivity index (χ3n) is 5.33. The van der Waals surface area contributed by atoms with Gasteiger partial charge in [0.2, 0.25) is 0 Å². The molecule has 0 radical (unpaired) electrons. The van der Waals surface area contributed by atoms with Crippen molar-refractivity contribution in [2.45, 2.75) is 46.0 Å². The van der Waals surface area contributed by atoms with Gasteiger partial charge in [-0.05, 0) is 63.6 Å². The normalized spacial score (nSPS) is 21.1. The third kappa shape index (κ3) is 3.00. The minimum absolute atomic E-state index is 0.138.